The van der Waals surface area contributed by atoms with E-state index < -0.39 is 6.10 Å². The van der Waals surface area contributed by atoms with Gasteiger partial charge in [0, 0.05) is 5.41 Å². The summed E-state index contributed by atoms with van der Waals surface area (Å²) in [6, 6.07) is 7.81. The number of fused-ring (bicyclic) bond motifs is 1. The van der Waals surface area contributed by atoms with Gasteiger partial charge in [-0.2, -0.15) is 4.80 Å². The van der Waals surface area contributed by atoms with Gasteiger partial charge in [0.2, 0.25) is 0 Å². The summed E-state index contributed by atoms with van der Waals surface area (Å²) in [4.78, 5) is 1.62. The molecule has 0 saturated heterocycles. The second-order valence-electron chi connectivity index (χ2n) is 8.70. The lowest BCUT2D eigenvalue weighted by Crippen LogP contribution is -2.48. The number of aliphatic hydroxyl groups is 1. The Hall–Kier alpha value is -1.94. The van der Waals surface area contributed by atoms with E-state index in [0.717, 1.165) is 29.6 Å². The predicted octanol–water partition coefficient (Wildman–Crippen LogP) is 5.06. The van der Waals surface area contributed by atoms with Crippen molar-refractivity contribution in [1.29, 1.82) is 0 Å². The predicted molar refractivity (Wildman–Crippen MR) is 108 cm³/mol. The molecule has 1 aliphatic rings. The molecule has 0 amide bonds. The van der Waals surface area contributed by atoms with Crippen molar-refractivity contribution in [3.05, 3.63) is 42.5 Å². The number of nitrogens with zero attached hydrogens (tertiary/aromatic N) is 3. The molecule has 1 heterocycles. The quantitative estimate of drug-likeness (QED) is 0.764. The van der Waals surface area contributed by atoms with Crippen LogP contribution in [0.1, 0.15) is 54.4 Å². The van der Waals surface area contributed by atoms with E-state index in [1.807, 2.05) is 30.3 Å². The van der Waals surface area contributed by atoms with Gasteiger partial charge in [-0.15, -0.1) is 10.2 Å². The van der Waals surface area contributed by atoms with E-state index in [1.54, 1.807) is 4.80 Å². The monoisotopic (exact) mass is 353 g/mol. The molecule has 3 rings (SSSR count). The summed E-state index contributed by atoms with van der Waals surface area (Å²) in [6.45, 7) is 13.7. The Bertz CT molecular complexity index is 808. The van der Waals surface area contributed by atoms with Crippen LogP contribution in [0.25, 0.3) is 16.7 Å². The standard InChI is InChI=1S/C22H31N3O/c1-7-20(3,4)22(21(5,6)8-2)14-13-19(26)18(15-22)25-23-16-11-9-10-12-17(16)24-25/h9-15,19,26H,7-8H2,1-6H3. The number of allylic oxidation sites excluding steroid dienone is 2. The maximum absolute atomic E-state index is 10.7. The number of hydrogen-bond donors (Lipinski definition) is 1. The molecule has 0 aliphatic heterocycles. The zero-order chi connectivity index (χ0) is 19.2. The Morgan fingerprint density at radius 3 is 1.96 bits per heavy atom. The molecule has 1 aromatic heterocycles. The molecular formula is C22H31N3O. The average Bonchev–Trinajstić information content (AvgIpc) is 3.05. The van der Waals surface area contributed by atoms with E-state index in [1.165, 1.54) is 0 Å². The highest BCUT2D eigenvalue weighted by atomic mass is 16.3. The zero-order valence-electron chi connectivity index (χ0n) is 16.8. The topological polar surface area (TPSA) is 50.9 Å². The molecule has 26 heavy (non-hydrogen) atoms. The first-order valence-electron chi connectivity index (χ1n) is 9.60. The highest BCUT2D eigenvalue weighted by molar-refractivity contribution is 5.74. The third kappa shape index (κ3) is 2.71. The summed E-state index contributed by atoms with van der Waals surface area (Å²) >= 11 is 0. The smallest absolute Gasteiger partial charge is 0.116 e. The maximum Gasteiger partial charge on any atom is 0.116 e. The Morgan fingerprint density at radius 2 is 1.50 bits per heavy atom. The van der Waals surface area contributed by atoms with Crippen LogP contribution in [0.4, 0.5) is 0 Å². The molecule has 1 unspecified atom stereocenters. The molecule has 0 radical (unpaired) electrons. The van der Waals surface area contributed by atoms with Crippen molar-refractivity contribution >= 4 is 16.7 Å². The van der Waals surface area contributed by atoms with Crippen LogP contribution in [0.3, 0.4) is 0 Å². The van der Waals surface area contributed by atoms with Crippen molar-refractivity contribution in [2.75, 3.05) is 0 Å². The normalized spacial score (nSPS) is 20.4. The first-order valence-corrected chi connectivity index (χ1v) is 9.60. The molecular weight excluding hydrogens is 322 g/mol. The van der Waals surface area contributed by atoms with Crippen LogP contribution < -0.4 is 0 Å². The molecule has 1 aliphatic carbocycles. The first-order chi connectivity index (χ1) is 12.2. The van der Waals surface area contributed by atoms with Gasteiger partial charge in [-0.3, -0.25) is 0 Å². The van der Waals surface area contributed by atoms with Crippen molar-refractivity contribution in [2.24, 2.45) is 16.2 Å². The van der Waals surface area contributed by atoms with Crippen molar-refractivity contribution in [3.8, 4) is 0 Å². The first kappa shape index (κ1) is 18.8. The van der Waals surface area contributed by atoms with Gasteiger partial charge in [0.1, 0.15) is 17.1 Å². The van der Waals surface area contributed by atoms with Crippen LogP contribution in [-0.2, 0) is 0 Å². The van der Waals surface area contributed by atoms with E-state index >= 15 is 0 Å². The SMILES string of the molecule is CCC(C)(C)C1(C(C)(C)CC)C=CC(O)C(n2nc3ccccc3n2)=C1. The zero-order valence-corrected chi connectivity index (χ0v) is 16.8. The summed E-state index contributed by atoms with van der Waals surface area (Å²) in [5, 5.41) is 19.9. The van der Waals surface area contributed by atoms with Gasteiger partial charge < -0.3 is 5.11 Å². The molecule has 4 heteroatoms. The van der Waals surface area contributed by atoms with Crippen LogP contribution >= 0.6 is 0 Å². The molecule has 4 nitrogen and oxygen atoms in total. The van der Waals surface area contributed by atoms with Gasteiger partial charge >= 0.3 is 0 Å². The molecule has 1 atom stereocenters. The lowest BCUT2D eigenvalue weighted by atomic mass is 9.50. The minimum Gasteiger partial charge on any atom is -0.383 e. The summed E-state index contributed by atoms with van der Waals surface area (Å²) in [7, 11) is 0. The van der Waals surface area contributed by atoms with Crippen LogP contribution in [0, 0.1) is 16.2 Å². The van der Waals surface area contributed by atoms with Crippen molar-refractivity contribution in [2.45, 2.75) is 60.5 Å². The van der Waals surface area contributed by atoms with E-state index in [-0.39, 0.29) is 16.2 Å². The lowest BCUT2D eigenvalue weighted by Gasteiger charge is -2.54. The van der Waals surface area contributed by atoms with Crippen LogP contribution in [0.15, 0.2) is 42.5 Å². The highest BCUT2D eigenvalue weighted by Gasteiger charge is 2.52. The molecule has 140 valence electrons. The number of benzene rings is 1. The molecule has 1 aromatic carbocycles. The summed E-state index contributed by atoms with van der Waals surface area (Å²) in [5.74, 6) is 0. The Morgan fingerprint density at radius 1 is 1.00 bits per heavy atom. The third-order valence-electron chi connectivity index (χ3n) is 6.75. The van der Waals surface area contributed by atoms with E-state index in [0.29, 0.717) is 0 Å². The third-order valence-corrected chi connectivity index (χ3v) is 6.75. The Kier molecular flexibility index (Phi) is 4.60. The average molecular weight is 354 g/mol. The lowest BCUT2D eigenvalue weighted by molar-refractivity contribution is 0.0284. The molecule has 0 fully saturated rings. The van der Waals surface area contributed by atoms with Gasteiger partial charge in [-0.25, -0.2) is 0 Å². The largest absolute Gasteiger partial charge is 0.383 e. The number of aromatic nitrogens is 3. The maximum atomic E-state index is 10.7. The molecule has 0 bridgehead atoms. The van der Waals surface area contributed by atoms with Gasteiger partial charge in [-0.1, -0.05) is 65.8 Å². The summed E-state index contributed by atoms with van der Waals surface area (Å²) in [5.41, 5.74) is 2.28. The van der Waals surface area contributed by atoms with Gasteiger partial charge in [0.05, 0.1) is 5.70 Å². The second kappa shape index (κ2) is 6.34. The van der Waals surface area contributed by atoms with Gasteiger partial charge in [0.25, 0.3) is 0 Å². The van der Waals surface area contributed by atoms with Gasteiger partial charge in [-0.05, 0) is 41.9 Å². The number of rotatable bonds is 5. The minimum absolute atomic E-state index is 0.0287. The molecule has 0 saturated carbocycles. The van der Waals surface area contributed by atoms with E-state index in [4.69, 9.17) is 0 Å². The van der Waals surface area contributed by atoms with E-state index in [2.05, 4.69) is 63.9 Å². The summed E-state index contributed by atoms with van der Waals surface area (Å²) in [6.07, 6.45) is 7.73. The Labute approximate surface area is 156 Å². The van der Waals surface area contributed by atoms with Crippen molar-refractivity contribution in [1.82, 2.24) is 15.0 Å². The van der Waals surface area contributed by atoms with E-state index in [9.17, 15) is 5.11 Å². The fraction of sp³-hybridized carbons (Fsp3) is 0.545. The minimum atomic E-state index is -0.703. The highest BCUT2D eigenvalue weighted by Crippen LogP contribution is 2.59. The fourth-order valence-corrected chi connectivity index (χ4v) is 4.20. The van der Waals surface area contributed by atoms with Crippen molar-refractivity contribution in [3.63, 3.8) is 0 Å². The molecule has 0 spiro atoms. The molecule has 1 N–H and O–H groups in total. The Balaban J connectivity index is 2.22. The van der Waals surface area contributed by atoms with Crippen LogP contribution in [-0.4, -0.2) is 26.2 Å². The van der Waals surface area contributed by atoms with Gasteiger partial charge in [0.15, 0.2) is 0 Å². The van der Waals surface area contributed by atoms with Crippen molar-refractivity contribution < 1.29 is 5.11 Å². The molecule has 2 aromatic rings. The second-order valence-corrected chi connectivity index (χ2v) is 8.70. The number of aliphatic hydroxyl groups excluding tert-OH is 1. The summed E-state index contributed by atoms with van der Waals surface area (Å²) < 4.78 is 0. The van der Waals surface area contributed by atoms with Crippen LogP contribution in [0.5, 0.6) is 0 Å². The van der Waals surface area contributed by atoms with Crippen LogP contribution in [0.2, 0.25) is 0 Å². The fourth-order valence-electron chi connectivity index (χ4n) is 4.20. The number of hydrogen-bond acceptors (Lipinski definition) is 3.